The van der Waals surface area contributed by atoms with E-state index in [4.69, 9.17) is 11.6 Å². The molecule has 1 N–H and O–H groups in total. The zero-order valence-electron chi connectivity index (χ0n) is 10.6. The number of rotatable bonds is 4. The van der Waals surface area contributed by atoms with Crippen molar-refractivity contribution in [3.63, 3.8) is 0 Å². The molecule has 0 bridgehead atoms. The molecule has 21 heavy (non-hydrogen) atoms. The zero-order chi connectivity index (χ0) is 15.6. The van der Waals surface area contributed by atoms with E-state index in [0.29, 0.717) is 0 Å². The maximum Gasteiger partial charge on any atom is 0.340 e. The van der Waals surface area contributed by atoms with Gasteiger partial charge in [-0.25, -0.2) is 17.6 Å². The Hall–Kier alpha value is -1.64. The van der Waals surface area contributed by atoms with Crippen LogP contribution in [0.25, 0.3) is 0 Å². The first-order chi connectivity index (χ1) is 9.85. The fraction of sp³-hybridized carbons (Fsp3) is 0.0833. The summed E-state index contributed by atoms with van der Waals surface area (Å²) in [6.45, 7) is 0. The van der Waals surface area contributed by atoms with Crippen LogP contribution in [-0.4, -0.2) is 21.5 Å². The van der Waals surface area contributed by atoms with Crippen molar-refractivity contribution in [3.8, 4) is 0 Å². The summed E-state index contributed by atoms with van der Waals surface area (Å²) < 4.78 is 44.2. The van der Waals surface area contributed by atoms with E-state index in [1.54, 1.807) is 0 Å². The fourth-order valence-electron chi connectivity index (χ4n) is 1.54. The number of sulfonamides is 1. The van der Waals surface area contributed by atoms with E-state index in [1.165, 1.54) is 17.9 Å². The molecule has 0 fully saturated rings. The maximum atomic E-state index is 13.0. The molecule has 0 aliphatic rings. The third-order valence-electron chi connectivity index (χ3n) is 2.50. The van der Waals surface area contributed by atoms with E-state index >= 15 is 0 Å². The molecule has 0 aliphatic heterocycles. The van der Waals surface area contributed by atoms with Crippen molar-refractivity contribution in [2.24, 2.45) is 0 Å². The van der Waals surface area contributed by atoms with E-state index in [9.17, 15) is 17.6 Å². The van der Waals surface area contributed by atoms with Gasteiger partial charge in [0.25, 0.3) is 10.0 Å². The number of hydrogen-bond acceptors (Lipinski definition) is 5. The highest BCUT2D eigenvalue weighted by Crippen LogP contribution is 2.28. The van der Waals surface area contributed by atoms with Crippen molar-refractivity contribution >= 4 is 44.6 Å². The summed E-state index contributed by atoms with van der Waals surface area (Å²) in [4.78, 5) is 11.2. The van der Waals surface area contributed by atoms with Crippen molar-refractivity contribution in [1.82, 2.24) is 0 Å². The first-order valence-electron chi connectivity index (χ1n) is 5.47. The average molecular weight is 350 g/mol. The van der Waals surface area contributed by atoms with Gasteiger partial charge in [0.1, 0.15) is 10.7 Å². The molecule has 0 saturated carbocycles. The lowest BCUT2D eigenvalue weighted by Crippen LogP contribution is -2.15. The smallest absolute Gasteiger partial charge is 0.340 e. The van der Waals surface area contributed by atoms with E-state index in [-0.39, 0.29) is 21.2 Å². The van der Waals surface area contributed by atoms with Crippen molar-refractivity contribution in [1.29, 1.82) is 0 Å². The van der Waals surface area contributed by atoms with Gasteiger partial charge < -0.3 is 4.74 Å². The lowest BCUT2D eigenvalue weighted by molar-refractivity contribution is 0.0602. The largest absolute Gasteiger partial charge is 0.465 e. The highest BCUT2D eigenvalue weighted by Gasteiger charge is 2.22. The van der Waals surface area contributed by atoms with Gasteiger partial charge in [-0.2, -0.15) is 0 Å². The van der Waals surface area contributed by atoms with E-state index in [0.717, 1.165) is 29.5 Å². The number of hydrogen-bond donors (Lipinski definition) is 1. The first-order valence-corrected chi connectivity index (χ1v) is 8.28. The minimum Gasteiger partial charge on any atom is -0.465 e. The summed E-state index contributed by atoms with van der Waals surface area (Å²) in [6.07, 6.45) is 0. The van der Waals surface area contributed by atoms with E-state index < -0.39 is 21.8 Å². The Balaban J connectivity index is 2.38. The number of esters is 1. The van der Waals surface area contributed by atoms with Crippen molar-refractivity contribution < 1.29 is 22.3 Å². The van der Waals surface area contributed by atoms with Crippen LogP contribution in [0.1, 0.15) is 10.4 Å². The Morgan fingerprint density at radius 3 is 2.71 bits per heavy atom. The lowest BCUT2D eigenvalue weighted by Gasteiger charge is -2.09. The van der Waals surface area contributed by atoms with Crippen LogP contribution in [0, 0.1) is 5.82 Å². The van der Waals surface area contributed by atoms with Gasteiger partial charge in [-0.15, -0.1) is 11.3 Å². The third kappa shape index (κ3) is 3.34. The van der Waals surface area contributed by atoms with Crippen LogP contribution in [0.2, 0.25) is 5.02 Å². The van der Waals surface area contributed by atoms with Crippen LogP contribution in [0.15, 0.2) is 33.9 Å². The van der Waals surface area contributed by atoms with Gasteiger partial charge in [-0.1, -0.05) is 11.6 Å². The van der Waals surface area contributed by atoms with Crippen LogP contribution >= 0.6 is 22.9 Å². The van der Waals surface area contributed by atoms with Crippen LogP contribution in [0.4, 0.5) is 10.1 Å². The molecule has 0 spiro atoms. The summed E-state index contributed by atoms with van der Waals surface area (Å²) in [5.41, 5.74) is 0.163. The molecular formula is C12H9ClFNO4S2. The van der Waals surface area contributed by atoms with Crippen molar-refractivity contribution in [3.05, 3.63) is 45.4 Å². The molecule has 112 valence electrons. The minimum atomic E-state index is -4.04. The van der Waals surface area contributed by atoms with E-state index in [1.807, 2.05) is 0 Å². The molecule has 0 atom stereocenters. The minimum absolute atomic E-state index is 0.0761. The van der Waals surface area contributed by atoms with Gasteiger partial charge in [-0.3, -0.25) is 4.72 Å². The second-order valence-electron chi connectivity index (χ2n) is 3.87. The SMILES string of the molecule is COC(=O)c1cscc1NS(=O)(=O)c1ccc(F)cc1Cl. The van der Waals surface area contributed by atoms with Crippen LogP contribution in [0.5, 0.6) is 0 Å². The Morgan fingerprint density at radius 2 is 2.10 bits per heavy atom. The summed E-state index contributed by atoms with van der Waals surface area (Å²) in [7, 11) is -2.86. The van der Waals surface area contributed by atoms with Gasteiger partial charge in [0.05, 0.1) is 23.4 Å². The number of carbonyl (C=O) groups is 1. The molecule has 5 nitrogen and oxygen atoms in total. The number of halogens is 2. The number of benzene rings is 1. The number of ether oxygens (including phenoxy) is 1. The predicted molar refractivity (Wildman–Crippen MR) is 77.9 cm³/mol. The molecule has 0 aliphatic carbocycles. The molecule has 0 amide bonds. The van der Waals surface area contributed by atoms with Gasteiger partial charge in [0.2, 0.25) is 0 Å². The van der Waals surface area contributed by atoms with Crippen LogP contribution in [-0.2, 0) is 14.8 Å². The average Bonchev–Trinajstić information content (AvgIpc) is 2.84. The Morgan fingerprint density at radius 1 is 1.38 bits per heavy atom. The van der Waals surface area contributed by atoms with Gasteiger partial charge in [0, 0.05) is 10.8 Å². The van der Waals surface area contributed by atoms with Gasteiger partial charge in [0.15, 0.2) is 0 Å². The van der Waals surface area contributed by atoms with Crippen LogP contribution < -0.4 is 4.72 Å². The molecule has 0 radical (unpaired) electrons. The molecule has 1 aromatic carbocycles. The van der Waals surface area contributed by atoms with Crippen molar-refractivity contribution in [2.75, 3.05) is 11.8 Å². The second-order valence-corrected chi connectivity index (χ2v) is 6.67. The van der Waals surface area contributed by atoms with Crippen LogP contribution in [0.3, 0.4) is 0 Å². The normalized spacial score (nSPS) is 11.2. The van der Waals surface area contributed by atoms with E-state index in [2.05, 4.69) is 9.46 Å². The Bertz CT molecular complexity index is 788. The number of thiophene rings is 1. The standard InChI is InChI=1S/C12H9ClFNO4S2/c1-19-12(16)8-5-20-6-10(8)15-21(17,18)11-3-2-7(14)4-9(11)13/h2-6,15H,1H3. The maximum absolute atomic E-state index is 13.0. The molecule has 2 rings (SSSR count). The van der Waals surface area contributed by atoms with Crippen molar-refractivity contribution in [2.45, 2.75) is 4.90 Å². The summed E-state index contributed by atoms with van der Waals surface area (Å²) in [6, 6.07) is 2.92. The Labute approximate surface area is 129 Å². The lowest BCUT2D eigenvalue weighted by atomic mass is 10.3. The summed E-state index contributed by atoms with van der Waals surface area (Å²) in [5, 5.41) is 2.65. The summed E-state index contributed by atoms with van der Waals surface area (Å²) >= 11 is 6.87. The molecule has 0 unspecified atom stereocenters. The monoisotopic (exact) mass is 349 g/mol. The molecular weight excluding hydrogens is 341 g/mol. The highest BCUT2D eigenvalue weighted by molar-refractivity contribution is 7.92. The fourth-order valence-corrected chi connectivity index (χ4v) is 3.96. The molecule has 0 saturated heterocycles. The first kappa shape index (κ1) is 15.7. The van der Waals surface area contributed by atoms with Gasteiger partial charge in [-0.05, 0) is 18.2 Å². The quantitative estimate of drug-likeness (QED) is 0.861. The molecule has 9 heteroatoms. The number of nitrogens with one attached hydrogen (secondary N) is 1. The third-order valence-corrected chi connectivity index (χ3v) is 5.09. The number of anilines is 1. The molecule has 1 aromatic heterocycles. The predicted octanol–water partition coefficient (Wildman–Crippen LogP) is 3.13. The topological polar surface area (TPSA) is 72.5 Å². The zero-order valence-corrected chi connectivity index (χ0v) is 13.0. The van der Waals surface area contributed by atoms with Gasteiger partial charge >= 0.3 is 5.97 Å². The molecule has 2 aromatic rings. The summed E-state index contributed by atoms with van der Waals surface area (Å²) in [5.74, 6) is -1.32. The highest BCUT2D eigenvalue weighted by atomic mass is 35.5. The number of methoxy groups -OCH3 is 1. The Kier molecular flexibility index (Phi) is 4.50. The second kappa shape index (κ2) is 6.00. The number of carbonyl (C=O) groups excluding carboxylic acids is 1. The molecule has 1 heterocycles.